The zero-order valence-electron chi connectivity index (χ0n) is 12.3. The van der Waals surface area contributed by atoms with Crippen molar-refractivity contribution in [3.05, 3.63) is 65.4 Å². The molecule has 0 radical (unpaired) electrons. The summed E-state index contributed by atoms with van der Waals surface area (Å²) in [6, 6.07) is 15.9. The van der Waals surface area contributed by atoms with Gasteiger partial charge in [-0.3, -0.25) is 0 Å². The van der Waals surface area contributed by atoms with Crippen molar-refractivity contribution >= 4 is 11.0 Å². The molecule has 0 saturated carbocycles. The molecule has 1 atom stereocenters. The smallest absolute Gasteiger partial charge is 0.134 e. The summed E-state index contributed by atoms with van der Waals surface area (Å²) in [6.45, 7) is 4.57. The Morgan fingerprint density at radius 1 is 1.14 bits per heavy atom. The average Bonchev–Trinajstić information content (AvgIpc) is 2.92. The molecule has 3 nitrogen and oxygen atoms in total. The molecule has 21 heavy (non-hydrogen) atoms. The van der Waals surface area contributed by atoms with Crippen LogP contribution in [0.5, 0.6) is 5.75 Å². The van der Waals surface area contributed by atoms with Gasteiger partial charge < -0.3 is 14.8 Å². The second kappa shape index (κ2) is 5.62. The number of hydrogen-bond acceptors (Lipinski definition) is 3. The van der Waals surface area contributed by atoms with Crippen LogP contribution in [0.4, 0.5) is 0 Å². The molecular formula is C18H19NO2. The van der Waals surface area contributed by atoms with Crippen molar-refractivity contribution < 1.29 is 9.52 Å². The summed E-state index contributed by atoms with van der Waals surface area (Å²) >= 11 is 0. The first-order valence-electron chi connectivity index (χ1n) is 7.14. The van der Waals surface area contributed by atoms with Crippen molar-refractivity contribution in [3.63, 3.8) is 0 Å². The number of nitrogens with one attached hydrogen (secondary N) is 1. The summed E-state index contributed by atoms with van der Waals surface area (Å²) in [5.41, 5.74) is 2.70. The van der Waals surface area contributed by atoms with E-state index in [1.165, 1.54) is 0 Å². The molecule has 0 spiro atoms. The molecule has 3 aromatic rings. The topological polar surface area (TPSA) is 45.4 Å². The number of benzene rings is 2. The summed E-state index contributed by atoms with van der Waals surface area (Å²) in [5, 5.41) is 14.5. The van der Waals surface area contributed by atoms with Crippen molar-refractivity contribution in [3.8, 4) is 5.75 Å². The molecule has 0 aliphatic rings. The highest BCUT2D eigenvalue weighted by Gasteiger charge is 2.12. The molecule has 1 aromatic heterocycles. The van der Waals surface area contributed by atoms with E-state index in [1.54, 1.807) is 0 Å². The zero-order chi connectivity index (χ0) is 14.8. The fourth-order valence-electron chi connectivity index (χ4n) is 2.44. The van der Waals surface area contributed by atoms with Crippen molar-refractivity contribution in [2.45, 2.75) is 26.4 Å². The molecule has 108 valence electrons. The Kier molecular flexibility index (Phi) is 3.67. The Bertz CT molecular complexity index is 728. The summed E-state index contributed by atoms with van der Waals surface area (Å²) in [6.07, 6.45) is 0. The van der Waals surface area contributed by atoms with E-state index in [-0.39, 0.29) is 6.04 Å². The van der Waals surface area contributed by atoms with Gasteiger partial charge >= 0.3 is 0 Å². The van der Waals surface area contributed by atoms with Gasteiger partial charge in [0.05, 0.1) is 6.04 Å². The Labute approximate surface area is 124 Å². The highest BCUT2D eigenvalue weighted by molar-refractivity contribution is 5.77. The number of hydrogen-bond donors (Lipinski definition) is 2. The Morgan fingerprint density at radius 2 is 1.95 bits per heavy atom. The zero-order valence-corrected chi connectivity index (χ0v) is 12.3. The Morgan fingerprint density at radius 3 is 2.76 bits per heavy atom. The standard InChI is InChI=1S/C18H19NO2/c1-12-6-5-8-15(18(12)20)11-19-13(2)17-10-14-7-3-4-9-16(14)21-17/h3-10,13,19-20H,11H2,1-2H3. The average molecular weight is 281 g/mol. The monoisotopic (exact) mass is 281 g/mol. The first-order valence-corrected chi connectivity index (χ1v) is 7.14. The predicted molar refractivity (Wildman–Crippen MR) is 84.3 cm³/mol. The van der Waals surface area contributed by atoms with Crippen LogP contribution in [-0.2, 0) is 6.54 Å². The van der Waals surface area contributed by atoms with Crippen LogP contribution in [-0.4, -0.2) is 5.11 Å². The summed E-state index contributed by atoms with van der Waals surface area (Å²) < 4.78 is 5.85. The molecule has 0 aliphatic carbocycles. The number of furan rings is 1. The van der Waals surface area contributed by atoms with E-state index in [1.807, 2.05) is 49.4 Å². The van der Waals surface area contributed by atoms with Crippen LogP contribution in [0, 0.1) is 6.92 Å². The lowest BCUT2D eigenvalue weighted by Gasteiger charge is -2.13. The van der Waals surface area contributed by atoms with Crippen molar-refractivity contribution in [1.29, 1.82) is 0 Å². The third kappa shape index (κ3) is 2.78. The van der Waals surface area contributed by atoms with Gasteiger partial charge in [-0.2, -0.15) is 0 Å². The number of aromatic hydroxyl groups is 1. The maximum atomic E-state index is 10.0. The molecular weight excluding hydrogens is 262 g/mol. The molecule has 0 saturated heterocycles. The predicted octanol–water partition coefficient (Wildman–Crippen LogP) is 4.30. The van der Waals surface area contributed by atoms with Gasteiger partial charge in [0.1, 0.15) is 17.1 Å². The van der Waals surface area contributed by atoms with E-state index in [0.717, 1.165) is 27.9 Å². The minimum Gasteiger partial charge on any atom is -0.507 e. The molecule has 2 aromatic carbocycles. The van der Waals surface area contributed by atoms with Crippen molar-refractivity contribution in [1.82, 2.24) is 5.32 Å². The lowest BCUT2D eigenvalue weighted by molar-refractivity contribution is 0.434. The maximum absolute atomic E-state index is 10.0. The van der Waals surface area contributed by atoms with E-state index in [9.17, 15) is 5.11 Å². The lowest BCUT2D eigenvalue weighted by atomic mass is 10.1. The molecule has 2 N–H and O–H groups in total. The number of para-hydroxylation sites is 2. The van der Waals surface area contributed by atoms with Crippen LogP contribution in [0.15, 0.2) is 52.9 Å². The van der Waals surface area contributed by atoms with Gasteiger partial charge in [0.2, 0.25) is 0 Å². The quantitative estimate of drug-likeness (QED) is 0.749. The van der Waals surface area contributed by atoms with Crippen molar-refractivity contribution in [2.24, 2.45) is 0 Å². The van der Waals surface area contributed by atoms with E-state index in [2.05, 4.69) is 18.3 Å². The lowest BCUT2D eigenvalue weighted by Crippen LogP contribution is -2.17. The maximum Gasteiger partial charge on any atom is 0.134 e. The molecule has 0 aliphatic heterocycles. The highest BCUT2D eigenvalue weighted by atomic mass is 16.3. The van der Waals surface area contributed by atoms with Gasteiger partial charge in [-0.1, -0.05) is 36.4 Å². The van der Waals surface area contributed by atoms with Crippen molar-refractivity contribution in [2.75, 3.05) is 0 Å². The van der Waals surface area contributed by atoms with Gasteiger partial charge in [-0.05, 0) is 31.5 Å². The number of aryl methyl sites for hydroxylation is 1. The van der Waals surface area contributed by atoms with Gasteiger partial charge in [-0.25, -0.2) is 0 Å². The Hall–Kier alpha value is -2.26. The molecule has 0 bridgehead atoms. The minimum absolute atomic E-state index is 0.0808. The minimum atomic E-state index is 0.0808. The van der Waals surface area contributed by atoms with Gasteiger partial charge in [0.25, 0.3) is 0 Å². The SMILES string of the molecule is Cc1cccc(CNC(C)c2cc3ccccc3o2)c1O. The second-order valence-electron chi connectivity index (χ2n) is 5.37. The molecule has 1 unspecified atom stereocenters. The van der Waals surface area contributed by atoms with Crippen LogP contribution < -0.4 is 5.32 Å². The highest BCUT2D eigenvalue weighted by Crippen LogP contribution is 2.25. The van der Waals surface area contributed by atoms with Crippen LogP contribution >= 0.6 is 0 Å². The van der Waals surface area contributed by atoms with Gasteiger partial charge in [0.15, 0.2) is 0 Å². The van der Waals surface area contributed by atoms with E-state index in [4.69, 9.17) is 4.42 Å². The molecule has 3 rings (SSSR count). The van der Waals surface area contributed by atoms with E-state index in [0.29, 0.717) is 12.3 Å². The Balaban J connectivity index is 1.74. The van der Waals surface area contributed by atoms with Crippen LogP contribution in [0.1, 0.15) is 29.9 Å². The van der Waals surface area contributed by atoms with Gasteiger partial charge in [-0.15, -0.1) is 0 Å². The first-order chi connectivity index (χ1) is 10.1. The fourth-order valence-corrected chi connectivity index (χ4v) is 2.44. The largest absolute Gasteiger partial charge is 0.507 e. The van der Waals surface area contributed by atoms with E-state index < -0.39 is 0 Å². The molecule has 1 heterocycles. The summed E-state index contributed by atoms with van der Waals surface area (Å²) in [4.78, 5) is 0. The number of fused-ring (bicyclic) bond motifs is 1. The summed E-state index contributed by atoms with van der Waals surface area (Å²) in [7, 11) is 0. The normalized spacial score (nSPS) is 12.7. The number of phenolic OH excluding ortho intramolecular Hbond substituents is 1. The van der Waals surface area contributed by atoms with Crippen LogP contribution in [0.2, 0.25) is 0 Å². The van der Waals surface area contributed by atoms with Crippen LogP contribution in [0.3, 0.4) is 0 Å². The second-order valence-corrected chi connectivity index (χ2v) is 5.37. The molecule has 3 heteroatoms. The number of rotatable bonds is 4. The molecule has 0 amide bonds. The number of phenols is 1. The first kappa shape index (κ1) is 13.7. The summed E-state index contributed by atoms with van der Waals surface area (Å²) in [5.74, 6) is 1.27. The van der Waals surface area contributed by atoms with E-state index >= 15 is 0 Å². The molecule has 0 fully saturated rings. The van der Waals surface area contributed by atoms with Gasteiger partial charge in [0, 0.05) is 17.5 Å². The third-order valence-electron chi connectivity index (χ3n) is 3.79. The fraction of sp³-hybridized carbons (Fsp3) is 0.222. The third-order valence-corrected chi connectivity index (χ3v) is 3.79. The van der Waals surface area contributed by atoms with Crippen LogP contribution in [0.25, 0.3) is 11.0 Å².